The van der Waals surface area contributed by atoms with E-state index in [0.29, 0.717) is 44.7 Å². The van der Waals surface area contributed by atoms with E-state index in [1.807, 2.05) is 0 Å². The molecule has 3 rings (SSSR count). The Morgan fingerprint density at radius 3 is 2.88 bits per heavy atom. The lowest BCUT2D eigenvalue weighted by atomic mass is 10.0. The van der Waals surface area contributed by atoms with Gasteiger partial charge in [0.25, 0.3) is 0 Å². The number of methoxy groups -OCH3 is 1. The molecule has 1 aromatic heterocycles. The first kappa shape index (κ1) is 16.7. The molecule has 1 amide bonds. The smallest absolute Gasteiger partial charge is 0.345 e. The van der Waals surface area contributed by atoms with Gasteiger partial charge in [-0.25, -0.2) is 9.48 Å². The van der Waals surface area contributed by atoms with Crippen molar-refractivity contribution in [1.82, 2.24) is 19.2 Å². The van der Waals surface area contributed by atoms with Crippen LogP contribution in [-0.4, -0.2) is 56.9 Å². The van der Waals surface area contributed by atoms with Gasteiger partial charge in [0.2, 0.25) is 5.91 Å². The molecule has 2 aliphatic heterocycles. The number of ether oxygens (including phenoxy) is 2. The molecule has 0 aliphatic carbocycles. The van der Waals surface area contributed by atoms with Gasteiger partial charge in [-0.2, -0.15) is 5.10 Å². The van der Waals surface area contributed by atoms with Crippen LogP contribution < -0.4 is 5.69 Å². The van der Waals surface area contributed by atoms with Gasteiger partial charge in [-0.1, -0.05) is 0 Å². The lowest BCUT2D eigenvalue weighted by Gasteiger charge is -2.33. The zero-order valence-corrected chi connectivity index (χ0v) is 14.0. The Balaban J connectivity index is 1.59. The van der Waals surface area contributed by atoms with Crippen molar-refractivity contribution in [2.45, 2.75) is 44.4 Å². The van der Waals surface area contributed by atoms with E-state index in [4.69, 9.17) is 4.74 Å². The number of hydrogen-bond donors (Lipinski definition) is 0. The first-order chi connectivity index (χ1) is 11.4. The molecule has 1 spiro atoms. The lowest BCUT2D eigenvalue weighted by molar-refractivity contribution is -0.141. The highest BCUT2D eigenvalue weighted by Crippen LogP contribution is 2.31. The number of nitrogens with zero attached hydrogens (tertiary/aromatic N) is 4. The number of amides is 1. The lowest BCUT2D eigenvalue weighted by Crippen LogP contribution is -2.47. The standard InChI is InChI=1S/C15H22N4O5/c1-17-14(22)19-10-15(24-8-11(19)16-17)6-7-18(9-15)12(20)4-3-5-13(21)23-2/h3-10H2,1-2H3. The molecule has 1 aromatic rings. The summed E-state index contributed by atoms with van der Waals surface area (Å²) in [5.41, 5.74) is -0.673. The number of fused-ring (bicyclic) bond motifs is 1. The zero-order valence-electron chi connectivity index (χ0n) is 14.0. The third kappa shape index (κ3) is 3.08. The predicted octanol–water partition coefficient (Wildman–Crippen LogP) is -0.574. The van der Waals surface area contributed by atoms with Crippen LogP contribution in [0.1, 0.15) is 31.5 Å². The first-order valence-corrected chi connectivity index (χ1v) is 8.05. The minimum Gasteiger partial charge on any atom is -0.469 e. The van der Waals surface area contributed by atoms with Crippen LogP contribution in [0.5, 0.6) is 0 Å². The molecular weight excluding hydrogens is 316 g/mol. The summed E-state index contributed by atoms with van der Waals surface area (Å²) in [5, 5.41) is 4.14. The molecule has 0 N–H and O–H groups in total. The Bertz CT molecular complexity index is 709. The number of likely N-dealkylation sites (tertiary alicyclic amines) is 1. The Morgan fingerprint density at radius 2 is 2.12 bits per heavy atom. The van der Waals surface area contributed by atoms with Crippen LogP contribution in [0.25, 0.3) is 0 Å². The minimum absolute atomic E-state index is 0.00343. The molecule has 1 fully saturated rings. The predicted molar refractivity (Wildman–Crippen MR) is 82.1 cm³/mol. The Morgan fingerprint density at radius 1 is 1.33 bits per heavy atom. The van der Waals surface area contributed by atoms with E-state index in [0.717, 1.165) is 0 Å². The molecule has 1 saturated heterocycles. The normalized spacial score (nSPS) is 22.7. The van der Waals surface area contributed by atoms with Crippen LogP contribution in [0.2, 0.25) is 0 Å². The van der Waals surface area contributed by atoms with Gasteiger partial charge in [-0.3, -0.25) is 14.2 Å². The van der Waals surface area contributed by atoms with Crippen molar-refractivity contribution in [2.75, 3.05) is 20.2 Å². The highest BCUT2D eigenvalue weighted by Gasteiger charge is 2.44. The molecule has 9 nitrogen and oxygen atoms in total. The molecule has 0 saturated carbocycles. The summed E-state index contributed by atoms with van der Waals surface area (Å²) in [7, 11) is 2.95. The Labute approximate surface area is 139 Å². The van der Waals surface area contributed by atoms with Crippen LogP contribution >= 0.6 is 0 Å². The summed E-state index contributed by atoms with van der Waals surface area (Å²) in [4.78, 5) is 37.2. The van der Waals surface area contributed by atoms with E-state index in [2.05, 4.69) is 9.84 Å². The number of carbonyl (C=O) groups excluding carboxylic acids is 2. The summed E-state index contributed by atoms with van der Waals surface area (Å²) in [6.07, 6.45) is 1.72. The summed E-state index contributed by atoms with van der Waals surface area (Å²) < 4.78 is 13.5. The van der Waals surface area contributed by atoms with Crippen molar-refractivity contribution in [3.8, 4) is 0 Å². The molecule has 1 unspecified atom stereocenters. The molecule has 24 heavy (non-hydrogen) atoms. The zero-order chi connectivity index (χ0) is 17.3. The minimum atomic E-state index is -0.516. The second-order valence-electron chi connectivity index (χ2n) is 6.38. The maximum atomic E-state index is 12.3. The van der Waals surface area contributed by atoms with Crippen molar-refractivity contribution in [3.05, 3.63) is 16.3 Å². The summed E-state index contributed by atoms with van der Waals surface area (Å²) in [6, 6.07) is 0. The fourth-order valence-corrected chi connectivity index (χ4v) is 3.32. The van der Waals surface area contributed by atoms with Gasteiger partial charge < -0.3 is 14.4 Å². The van der Waals surface area contributed by atoms with E-state index in [1.165, 1.54) is 11.8 Å². The molecule has 0 radical (unpaired) electrons. The van der Waals surface area contributed by atoms with Crippen molar-refractivity contribution in [1.29, 1.82) is 0 Å². The maximum absolute atomic E-state index is 12.3. The van der Waals surface area contributed by atoms with E-state index < -0.39 is 5.60 Å². The first-order valence-electron chi connectivity index (χ1n) is 8.05. The average Bonchev–Trinajstić information content (AvgIpc) is 3.10. The number of carbonyl (C=O) groups is 2. The number of hydrogen-bond acceptors (Lipinski definition) is 6. The largest absolute Gasteiger partial charge is 0.469 e. The van der Waals surface area contributed by atoms with Crippen LogP contribution in [0.4, 0.5) is 0 Å². The van der Waals surface area contributed by atoms with E-state index >= 15 is 0 Å². The number of aromatic nitrogens is 3. The third-order valence-electron chi connectivity index (χ3n) is 4.71. The van der Waals surface area contributed by atoms with Gasteiger partial charge in [-0.15, -0.1) is 0 Å². The van der Waals surface area contributed by atoms with Gasteiger partial charge in [0.1, 0.15) is 12.2 Å². The van der Waals surface area contributed by atoms with Crippen LogP contribution in [0, 0.1) is 0 Å². The quantitative estimate of drug-likeness (QED) is 0.682. The van der Waals surface area contributed by atoms with E-state index in [-0.39, 0.29) is 30.6 Å². The Kier molecular flexibility index (Phi) is 4.44. The summed E-state index contributed by atoms with van der Waals surface area (Å²) in [5.74, 6) is 0.319. The van der Waals surface area contributed by atoms with Crippen molar-refractivity contribution in [2.24, 2.45) is 7.05 Å². The van der Waals surface area contributed by atoms with Gasteiger partial charge in [0.05, 0.1) is 20.2 Å². The fraction of sp³-hybridized carbons (Fsp3) is 0.733. The van der Waals surface area contributed by atoms with Gasteiger partial charge >= 0.3 is 11.7 Å². The summed E-state index contributed by atoms with van der Waals surface area (Å²) >= 11 is 0. The van der Waals surface area contributed by atoms with Crippen LogP contribution in [-0.2, 0) is 39.3 Å². The fourth-order valence-electron chi connectivity index (χ4n) is 3.32. The second kappa shape index (κ2) is 6.39. The SMILES string of the molecule is COC(=O)CCCC(=O)N1CCC2(C1)Cn1c(nn(C)c1=O)CO2. The van der Waals surface area contributed by atoms with Crippen molar-refractivity contribution in [3.63, 3.8) is 0 Å². The molecule has 1 atom stereocenters. The summed E-state index contributed by atoms with van der Waals surface area (Å²) in [6.45, 7) is 1.76. The van der Waals surface area contributed by atoms with Gasteiger partial charge in [0.15, 0.2) is 5.82 Å². The number of esters is 1. The second-order valence-corrected chi connectivity index (χ2v) is 6.38. The molecule has 2 aliphatic rings. The Hall–Kier alpha value is -2.16. The average molecular weight is 338 g/mol. The monoisotopic (exact) mass is 338 g/mol. The van der Waals surface area contributed by atoms with Gasteiger partial charge in [0, 0.05) is 26.4 Å². The molecular formula is C15H22N4O5. The molecule has 132 valence electrons. The highest BCUT2D eigenvalue weighted by atomic mass is 16.5. The maximum Gasteiger partial charge on any atom is 0.345 e. The number of aryl methyl sites for hydroxylation is 1. The van der Waals surface area contributed by atoms with Crippen LogP contribution in [0.3, 0.4) is 0 Å². The topological polar surface area (TPSA) is 95.7 Å². The van der Waals surface area contributed by atoms with E-state index in [1.54, 1.807) is 16.5 Å². The molecule has 0 aromatic carbocycles. The third-order valence-corrected chi connectivity index (χ3v) is 4.71. The van der Waals surface area contributed by atoms with Crippen LogP contribution in [0.15, 0.2) is 4.79 Å². The van der Waals surface area contributed by atoms with Crippen molar-refractivity contribution >= 4 is 11.9 Å². The van der Waals surface area contributed by atoms with Gasteiger partial charge in [-0.05, 0) is 12.8 Å². The molecule has 9 heteroatoms. The highest BCUT2D eigenvalue weighted by molar-refractivity contribution is 5.77. The number of rotatable bonds is 4. The van der Waals surface area contributed by atoms with Crippen molar-refractivity contribution < 1.29 is 19.1 Å². The molecule has 3 heterocycles. The molecule has 0 bridgehead atoms. The van der Waals surface area contributed by atoms with E-state index in [9.17, 15) is 14.4 Å².